The summed E-state index contributed by atoms with van der Waals surface area (Å²) in [5.41, 5.74) is 4.58. The van der Waals surface area contributed by atoms with E-state index in [4.69, 9.17) is 4.98 Å². The highest BCUT2D eigenvalue weighted by molar-refractivity contribution is 7.92. The molecule has 0 saturated carbocycles. The van der Waals surface area contributed by atoms with Crippen molar-refractivity contribution in [1.29, 1.82) is 0 Å². The minimum Gasteiger partial charge on any atom is -0.247 e. The number of hydrogen-bond acceptors (Lipinski definition) is 3. The number of para-hydroxylation sites is 1. The summed E-state index contributed by atoms with van der Waals surface area (Å²) in [7, 11) is -3.82. The van der Waals surface area contributed by atoms with E-state index in [0.29, 0.717) is 5.82 Å². The molecule has 1 heterocycles. The van der Waals surface area contributed by atoms with E-state index in [1.807, 2.05) is 94.4 Å². The van der Waals surface area contributed by atoms with Crippen LogP contribution in [-0.4, -0.2) is 19.4 Å². The summed E-state index contributed by atoms with van der Waals surface area (Å²) in [5.74, 6) is 0.456. The molecule has 0 aliphatic carbocycles. The van der Waals surface area contributed by atoms with Crippen LogP contribution in [0.2, 0.25) is 0 Å². The summed E-state index contributed by atoms with van der Waals surface area (Å²) in [4.78, 5) is 5.15. The Hall–Kier alpha value is -3.18. The summed E-state index contributed by atoms with van der Waals surface area (Å²) in [6.45, 7) is 7.74. The molecule has 4 rings (SSSR count). The predicted octanol–water partition coefficient (Wildman–Crippen LogP) is 6.12. The minimum atomic E-state index is -3.82. The van der Waals surface area contributed by atoms with Crippen molar-refractivity contribution in [2.45, 2.75) is 38.6 Å². The lowest BCUT2D eigenvalue weighted by molar-refractivity contribution is 0.583. The number of pyridine rings is 1. The summed E-state index contributed by atoms with van der Waals surface area (Å²) in [6, 6.07) is 24.4. The van der Waals surface area contributed by atoms with Crippen LogP contribution in [0.5, 0.6) is 0 Å². The first kappa shape index (κ1) is 21.1. The van der Waals surface area contributed by atoms with E-state index >= 15 is 0 Å². The monoisotopic (exact) mass is 430 g/mol. The minimum absolute atomic E-state index is 0.262. The standard InChI is InChI=1S/C26H26N2O2S/c1-18(2)28(31(29,30)22-16-14-19(3)15-17-22)26-25(21-10-6-5-7-11-21)20(4)23-12-8-9-13-24(23)27-26/h5-18H,1-4H3. The first-order chi connectivity index (χ1) is 14.8. The van der Waals surface area contributed by atoms with Gasteiger partial charge in [-0.05, 0) is 57.0 Å². The van der Waals surface area contributed by atoms with Gasteiger partial charge in [0.2, 0.25) is 0 Å². The van der Waals surface area contributed by atoms with E-state index in [2.05, 4.69) is 0 Å². The summed E-state index contributed by atoms with van der Waals surface area (Å²) < 4.78 is 29.1. The molecule has 0 fully saturated rings. The Kier molecular flexibility index (Phi) is 5.54. The number of aromatic nitrogens is 1. The fraction of sp³-hybridized carbons (Fsp3) is 0.192. The molecule has 4 aromatic rings. The topological polar surface area (TPSA) is 50.3 Å². The summed E-state index contributed by atoms with van der Waals surface area (Å²) in [6.07, 6.45) is 0. The van der Waals surface area contributed by atoms with E-state index in [9.17, 15) is 8.42 Å². The zero-order chi connectivity index (χ0) is 22.2. The fourth-order valence-corrected chi connectivity index (χ4v) is 5.55. The van der Waals surface area contributed by atoms with Gasteiger partial charge in [-0.25, -0.2) is 17.7 Å². The molecule has 4 nitrogen and oxygen atoms in total. The molecule has 0 aliphatic rings. The number of aryl methyl sites for hydroxylation is 2. The van der Waals surface area contributed by atoms with Gasteiger partial charge in [0.05, 0.1) is 10.4 Å². The third-order valence-electron chi connectivity index (χ3n) is 5.45. The molecule has 3 aromatic carbocycles. The van der Waals surface area contributed by atoms with Gasteiger partial charge in [-0.2, -0.15) is 0 Å². The van der Waals surface area contributed by atoms with Gasteiger partial charge in [0.25, 0.3) is 10.0 Å². The number of nitrogens with zero attached hydrogens (tertiary/aromatic N) is 2. The molecule has 0 bridgehead atoms. The molecular weight excluding hydrogens is 404 g/mol. The van der Waals surface area contributed by atoms with Gasteiger partial charge in [0, 0.05) is 17.0 Å². The van der Waals surface area contributed by atoms with Crippen molar-refractivity contribution in [2.75, 3.05) is 4.31 Å². The fourth-order valence-electron chi connectivity index (χ4n) is 3.93. The van der Waals surface area contributed by atoms with Crippen molar-refractivity contribution in [3.05, 3.63) is 90.0 Å². The van der Waals surface area contributed by atoms with Crippen molar-refractivity contribution < 1.29 is 8.42 Å². The predicted molar refractivity (Wildman–Crippen MR) is 128 cm³/mol. The van der Waals surface area contributed by atoms with Crippen LogP contribution in [0.15, 0.2) is 83.8 Å². The Morgan fingerprint density at radius 1 is 0.806 bits per heavy atom. The van der Waals surface area contributed by atoms with Crippen LogP contribution in [-0.2, 0) is 10.0 Å². The van der Waals surface area contributed by atoms with Gasteiger partial charge in [0.1, 0.15) is 0 Å². The number of anilines is 1. The van der Waals surface area contributed by atoms with Crippen LogP contribution in [0.3, 0.4) is 0 Å². The van der Waals surface area contributed by atoms with Crippen LogP contribution in [0, 0.1) is 13.8 Å². The Bertz CT molecular complexity index is 1330. The zero-order valence-corrected chi connectivity index (χ0v) is 19.0. The second kappa shape index (κ2) is 8.16. The maximum Gasteiger partial charge on any atom is 0.265 e. The maximum absolute atomic E-state index is 13.8. The van der Waals surface area contributed by atoms with E-state index in [1.165, 1.54) is 4.31 Å². The average Bonchev–Trinajstić information content (AvgIpc) is 2.74. The SMILES string of the molecule is Cc1ccc(S(=O)(=O)N(c2nc3ccccc3c(C)c2-c2ccccc2)C(C)C)cc1. The smallest absolute Gasteiger partial charge is 0.247 e. The Labute approximate surface area is 184 Å². The molecule has 0 spiro atoms. The largest absolute Gasteiger partial charge is 0.265 e. The molecule has 5 heteroatoms. The van der Waals surface area contributed by atoms with Crippen LogP contribution in [0.1, 0.15) is 25.0 Å². The molecule has 1 aromatic heterocycles. The maximum atomic E-state index is 13.8. The number of fused-ring (bicyclic) bond motifs is 1. The van der Waals surface area contributed by atoms with Gasteiger partial charge in [-0.3, -0.25) is 0 Å². The van der Waals surface area contributed by atoms with Gasteiger partial charge < -0.3 is 0 Å². The zero-order valence-electron chi connectivity index (χ0n) is 18.2. The Balaban J connectivity index is 2.05. The third-order valence-corrected chi connectivity index (χ3v) is 7.43. The first-order valence-corrected chi connectivity index (χ1v) is 11.8. The number of benzene rings is 3. The lowest BCUT2D eigenvalue weighted by atomic mass is 9.97. The van der Waals surface area contributed by atoms with Crippen molar-refractivity contribution in [3.8, 4) is 11.1 Å². The molecule has 0 unspecified atom stereocenters. The Morgan fingerprint density at radius 2 is 1.42 bits per heavy atom. The van der Waals surface area contributed by atoms with Crippen LogP contribution in [0.25, 0.3) is 22.0 Å². The van der Waals surface area contributed by atoms with Crippen LogP contribution in [0.4, 0.5) is 5.82 Å². The van der Waals surface area contributed by atoms with Gasteiger partial charge >= 0.3 is 0 Å². The van der Waals surface area contributed by atoms with Crippen molar-refractivity contribution >= 4 is 26.7 Å². The molecule has 0 atom stereocenters. The second-order valence-electron chi connectivity index (χ2n) is 8.03. The van der Waals surface area contributed by atoms with Gasteiger partial charge in [-0.1, -0.05) is 66.2 Å². The molecule has 0 amide bonds. The van der Waals surface area contributed by atoms with Gasteiger partial charge in [0.15, 0.2) is 5.82 Å². The Morgan fingerprint density at radius 3 is 2.06 bits per heavy atom. The molecule has 31 heavy (non-hydrogen) atoms. The molecule has 0 N–H and O–H groups in total. The van der Waals surface area contributed by atoms with E-state index in [1.54, 1.807) is 12.1 Å². The second-order valence-corrected chi connectivity index (χ2v) is 9.84. The van der Waals surface area contributed by atoms with Gasteiger partial charge in [-0.15, -0.1) is 0 Å². The van der Waals surface area contributed by atoms with Crippen LogP contribution >= 0.6 is 0 Å². The number of rotatable bonds is 5. The lowest BCUT2D eigenvalue weighted by Crippen LogP contribution is -2.38. The first-order valence-electron chi connectivity index (χ1n) is 10.4. The lowest BCUT2D eigenvalue weighted by Gasteiger charge is -2.30. The quantitative estimate of drug-likeness (QED) is 0.383. The van der Waals surface area contributed by atoms with E-state index < -0.39 is 10.0 Å². The molecule has 158 valence electrons. The van der Waals surface area contributed by atoms with E-state index in [-0.39, 0.29) is 10.9 Å². The average molecular weight is 431 g/mol. The third kappa shape index (κ3) is 3.81. The molecule has 0 saturated heterocycles. The van der Waals surface area contributed by atoms with E-state index in [0.717, 1.165) is 33.2 Å². The van der Waals surface area contributed by atoms with Crippen LogP contribution < -0.4 is 4.31 Å². The molecular formula is C26H26N2O2S. The number of hydrogen-bond donors (Lipinski definition) is 0. The van der Waals surface area contributed by atoms with Crippen molar-refractivity contribution in [1.82, 2.24) is 4.98 Å². The molecule has 0 aliphatic heterocycles. The highest BCUT2D eigenvalue weighted by atomic mass is 32.2. The highest BCUT2D eigenvalue weighted by Gasteiger charge is 2.32. The number of sulfonamides is 1. The summed E-state index contributed by atoms with van der Waals surface area (Å²) >= 11 is 0. The highest BCUT2D eigenvalue weighted by Crippen LogP contribution is 2.39. The van der Waals surface area contributed by atoms with Crippen molar-refractivity contribution in [3.63, 3.8) is 0 Å². The summed E-state index contributed by atoms with van der Waals surface area (Å²) in [5, 5.41) is 1.02. The normalized spacial score (nSPS) is 11.8. The molecule has 0 radical (unpaired) electrons. The van der Waals surface area contributed by atoms with Crippen molar-refractivity contribution in [2.24, 2.45) is 0 Å².